The van der Waals surface area contributed by atoms with Crippen LogP contribution in [0.2, 0.25) is 0 Å². The summed E-state index contributed by atoms with van der Waals surface area (Å²) in [6.07, 6.45) is 3.43. The van der Waals surface area contributed by atoms with Gasteiger partial charge in [0.2, 0.25) is 11.8 Å². The highest BCUT2D eigenvalue weighted by molar-refractivity contribution is 6.03. The molecule has 6 heteroatoms. The number of hydrogen-bond donors (Lipinski definition) is 1. The molecule has 0 radical (unpaired) electrons. The normalized spacial score (nSPS) is 17.0. The smallest absolute Gasteiger partial charge is 0.229 e. The van der Waals surface area contributed by atoms with Gasteiger partial charge in [0.05, 0.1) is 24.4 Å². The van der Waals surface area contributed by atoms with Crippen LogP contribution in [0.15, 0.2) is 48.8 Å². The Kier molecular flexibility index (Phi) is 4.74. The predicted molar refractivity (Wildman–Crippen MR) is 90.9 cm³/mol. The van der Waals surface area contributed by atoms with E-state index in [4.69, 9.17) is 4.74 Å². The second-order valence-corrected chi connectivity index (χ2v) is 5.56. The van der Waals surface area contributed by atoms with Gasteiger partial charge >= 0.3 is 0 Å². The van der Waals surface area contributed by atoms with Crippen LogP contribution in [0.25, 0.3) is 0 Å². The van der Waals surface area contributed by atoms with E-state index in [1.807, 2.05) is 31.2 Å². The quantitative estimate of drug-likeness (QED) is 0.917. The van der Waals surface area contributed by atoms with Crippen molar-refractivity contribution in [3.05, 3.63) is 48.8 Å². The summed E-state index contributed by atoms with van der Waals surface area (Å²) in [4.78, 5) is 30.2. The topological polar surface area (TPSA) is 71.5 Å². The minimum atomic E-state index is -0.371. The summed E-state index contributed by atoms with van der Waals surface area (Å²) < 4.78 is 5.40. The molecule has 2 aromatic rings. The Balaban J connectivity index is 1.65. The zero-order valence-electron chi connectivity index (χ0n) is 13.4. The molecule has 1 aromatic heterocycles. The number of nitrogens with one attached hydrogen (secondary N) is 1. The minimum Gasteiger partial charge on any atom is -0.494 e. The summed E-state index contributed by atoms with van der Waals surface area (Å²) in [5.41, 5.74) is 1.41. The number of pyridine rings is 1. The molecule has 0 spiro atoms. The summed E-state index contributed by atoms with van der Waals surface area (Å²) in [5, 5.41) is 2.80. The van der Waals surface area contributed by atoms with Crippen molar-refractivity contribution in [2.24, 2.45) is 5.92 Å². The van der Waals surface area contributed by atoms with Crippen molar-refractivity contribution < 1.29 is 14.3 Å². The molecule has 1 fully saturated rings. The number of rotatable bonds is 5. The summed E-state index contributed by atoms with van der Waals surface area (Å²) >= 11 is 0. The van der Waals surface area contributed by atoms with Crippen molar-refractivity contribution in [1.29, 1.82) is 0 Å². The van der Waals surface area contributed by atoms with Gasteiger partial charge in [-0.25, -0.2) is 0 Å². The van der Waals surface area contributed by atoms with E-state index in [2.05, 4.69) is 10.3 Å². The van der Waals surface area contributed by atoms with Crippen LogP contribution < -0.4 is 15.0 Å². The van der Waals surface area contributed by atoms with Crippen molar-refractivity contribution >= 4 is 23.2 Å². The van der Waals surface area contributed by atoms with Gasteiger partial charge in [-0.2, -0.15) is 0 Å². The van der Waals surface area contributed by atoms with Crippen molar-refractivity contribution in [2.45, 2.75) is 13.3 Å². The van der Waals surface area contributed by atoms with Crippen molar-refractivity contribution in [3.8, 4) is 5.75 Å². The SMILES string of the molecule is CCOc1ccc(N2C[C@@H](C(=O)Nc3cccnc3)CC2=O)cc1. The molecular formula is C18H19N3O3. The molecule has 0 saturated carbocycles. The average molecular weight is 325 g/mol. The molecule has 1 aliphatic heterocycles. The van der Waals surface area contributed by atoms with Crippen LogP contribution in [0.1, 0.15) is 13.3 Å². The lowest BCUT2D eigenvalue weighted by Crippen LogP contribution is -2.28. The molecule has 1 atom stereocenters. The number of carbonyl (C=O) groups is 2. The molecule has 1 saturated heterocycles. The lowest BCUT2D eigenvalue weighted by molar-refractivity contribution is -0.122. The number of amides is 2. The van der Waals surface area contributed by atoms with Gasteiger partial charge in [0.25, 0.3) is 0 Å². The maximum atomic E-state index is 12.3. The number of hydrogen-bond acceptors (Lipinski definition) is 4. The zero-order valence-corrected chi connectivity index (χ0v) is 13.4. The first-order valence-corrected chi connectivity index (χ1v) is 7.91. The molecule has 1 aromatic carbocycles. The van der Waals surface area contributed by atoms with Crippen molar-refractivity contribution in [2.75, 3.05) is 23.4 Å². The van der Waals surface area contributed by atoms with E-state index in [0.717, 1.165) is 11.4 Å². The first-order chi connectivity index (χ1) is 11.7. The van der Waals surface area contributed by atoms with E-state index >= 15 is 0 Å². The standard InChI is InChI=1S/C18H19N3O3/c1-2-24-16-7-5-15(6-8-16)21-12-13(10-17(21)22)18(23)20-14-4-3-9-19-11-14/h3-9,11,13H,2,10,12H2,1H3,(H,20,23)/t13-/m0/s1. The Morgan fingerprint density at radius 3 is 2.79 bits per heavy atom. The maximum Gasteiger partial charge on any atom is 0.229 e. The highest BCUT2D eigenvalue weighted by Gasteiger charge is 2.35. The summed E-state index contributed by atoms with van der Waals surface area (Å²) in [7, 11) is 0. The molecule has 2 heterocycles. The van der Waals surface area contributed by atoms with Crippen molar-refractivity contribution in [1.82, 2.24) is 4.98 Å². The van der Waals surface area contributed by atoms with Gasteiger partial charge < -0.3 is 15.0 Å². The van der Waals surface area contributed by atoms with Gasteiger partial charge in [-0.1, -0.05) is 0 Å². The van der Waals surface area contributed by atoms with Gasteiger partial charge in [-0.05, 0) is 43.3 Å². The molecule has 124 valence electrons. The highest BCUT2D eigenvalue weighted by atomic mass is 16.5. The summed E-state index contributed by atoms with van der Waals surface area (Å²) in [6, 6.07) is 10.9. The van der Waals surface area contributed by atoms with Crippen LogP contribution in [0.4, 0.5) is 11.4 Å². The molecular weight excluding hydrogens is 306 g/mol. The lowest BCUT2D eigenvalue weighted by atomic mass is 10.1. The average Bonchev–Trinajstić information content (AvgIpc) is 2.99. The molecule has 0 unspecified atom stereocenters. The Morgan fingerprint density at radius 2 is 2.12 bits per heavy atom. The number of anilines is 2. The third-order valence-corrected chi connectivity index (χ3v) is 3.88. The van der Waals surface area contributed by atoms with Crippen LogP contribution in [0.5, 0.6) is 5.75 Å². The first-order valence-electron chi connectivity index (χ1n) is 7.91. The second-order valence-electron chi connectivity index (χ2n) is 5.56. The fourth-order valence-corrected chi connectivity index (χ4v) is 2.70. The van der Waals surface area contributed by atoms with Crippen molar-refractivity contribution in [3.63, 3.8) is 0 Å². The molecule has 24 heavy (non-hydrogen) atoms. The molecule has 2 amide bonds. The number of ether oxygens (including phenoxy) is 1. The molecule has 1 N–H and O–H groups in total. The maximum absolute atomic E-state index is 12.3. The van der Waals surface area contributed by atoms with E-state index in [-0.39, 0.29) is 24.2 Å². The largest absolute Gasteiger partial charge is 0.494 e. The van der Waals surface area contributed by atoms with Crippen LogP contribution in [0.3, 0.4) is 0 Å². The lowest BCUT2D eigenvalue weighted by Gasteiger charge is -2.17. The molecule has 6 nitrogen and oxygen atoms in total. The number of nitrogens with zero attached hydrogens (tertiary/aromatic N) is 2. The number of benzene rings is 1. The first kappa shape index (κ1) is 16.0. The third kappa shape index (κ3) is 3.53. The molecule has 3 rings (SSSR count). The fourth-order valence-electron chi connectivity index (χ4n) is 2.70. The Hall–Kier alpha value is -2.89. The Labute approximate surface area is 140 Å². The fraction of sp³-hybridized carbons (Fsp3) is 0.278. The molecule has 1 aliphatic rings. The van der Waals surface area contributed by atoms with Crippen LogP contribution in [0, 0.1) is 5.92 Å². The zero-order chi connectivity index (χ0) is 16.9. The van der Waals surface area contributed by atoms with Gasteiger partial charge in [-0.15, -0.1) is 0 Å². The van der Waals surface area contributed by atoms with Gasteiger partial charge in [0, 0.05) is 24.8 Å². The van der Waals surface area contributed by atoms with Gasteiger partial charge in [-0.3, -0.25) is 14.6 Å². The van der Waals surface area contributed by atoms with E-state index in [9.17, 15) is 9.59 Å². The Bertz CT molecular complexity index is 716. The molecule has 0 aliphatic carbocycles. The predicted octanol–water partition coefficient (Wildman–Crippen LogP) is 2.47. The number of carbonyl (C=O) groups excluding carboxylic acids is 2. The monoisotopic (exact) mass is 325 g/mol. The van der Waals surface area contributed by atoms with E-state index in [1.54, 1.807) is 29.4 Å². The van der Waals surface area contributed by atoms with E-state index in [0.29, 0.717) is 18.8 Å². The van der Waals surface area contributed by atoms with Gasteiger partial charge in [0.1, 0.15) is 5.75 Å². The minimum absolute atomic E-state index is 0.0505. The van der Waals surface area contributed by atoms with E-state index < -0.39 is 0 Å². The van der Waals surface area contributed by atoms with Crippen LogP contribution >= 0.6 is 0 Å². The van der Waals surface area contributed by atoms with Crippen LogP contribution in [-0.2, 0) is 9.59 Å². The summed E-state index contributed by atoms with van der Waals surface area (Å²) in [6.45, 7) is 2.89. The van der Waals surface area contributed by atoms with E-state index in [1.165, 1.54) is 0 Å². The summed E-state index contributed by atoms with van der Waals surface area (Å²) in [5.74, 6) is 0.179. The van der Waals surface area contributed by atoms with Gasteiger partial charge in [0.15, 0.2) is 0 Å². The number of aromatic nitrogens is 1. The Morgan fingerprint density at radius 1 is 1.33 bits per heavy atom. The molecule has 0 bridgehead atoms. The second kappa shape index (κ2) is 7.12. The third-order valence-electron chi connectivity index (χ3n) is 3.88. The highest BCUT2D eigenvalue weighted by Crippen LogP contribution is 2.27. The van der Waals surface area contributed by atoms with Crippen LogP contribution in [-0.4, -0.2) is 29.9 Å².